The highest BCUT2D eigenvalue weighted by atomic mass is 35.5. The zero-order valence-corrected chi connectivity index (χ0v) is 17.5. The van der Waals surface area contributed by atoms with E-state index in [1.54, 1.807) is 9.20 Å². The largest absolute Gasteiger partial charge is 0.469 e. The summed E-state index contributed by atoms with van der Waals surface area (Å²) in [6.45, 7) is 1.92. The Bertz CT molecular complexity index is 1420. The van der Waals surface area contributed by atoms with Crippen LogP contribution < -0.4 is 0 Å². The van der Waals surface area contributed by atoms with Gasteiger partial charge in [0.1, 0.15) is 5.69 Å². The van der Waals surface area contributed by atoms with E-state index in [1.807, 2.05) is 61.5 Å². The molecule has 8 nitrogen and oxygen atoms in total. The van der Waals surface area contributed by atoms with E-state index in [0.29, 0.717) is 27.5 Å². The zero-order chi connectivity index (χ0) is 21.5. The summed E-state index contributed by atoms with van der Waals surface area (Å²) in [5, 5.41) is 18.9. The number of halogens is 1. The average Bonchev–Trinajstić information content (AvgIpc) is 3.32. The summed E-state index contributed by atoms with van der Waals surface area (Å²) in [5.74, 6) is -0.403. The lowest BCUT2D eigenvalue weighted by Crippen LogP contribution is -2.06. The first-order valence-electron chi connectivity index (χ1n) is 9.58. The molecule has 0 saturated heterocycles. The van der Waals surface area contributed by atoms with Gasteiger partial charge in [0, 0.05) is 5.02 Å². The molecule has 9 heteroatoms. The third kappa shape index (κ3) is 3.21. The van der Waals surface area contributed by atoms with Crippen LogP contribution in [0.1, 0.15) is 11.4 Å². The van der Waals surface area contributed by atoms with Crippen molar-refractivity contribution >= 4 is 34.4 Å². The first-order chi connectivity index (χ1) is 15.1. The number of hydrogen-bond donors (Lipinski definition) is 0. The highest BCUT2D eigenvalue weighted by Crippen LogP contribution is 2.30. The molecule has 0 radical (unpaired) electrons. The van der Waals surface area contributed by atoms with Crippen molar-refractivity contribution in [3.63, 3.8) is 0 Å². The van der Waals surface area contributed by atoms with Gasteiger partial charge in [0.05, 0.1) is 30.5 Å². The highest BCUT2D eigenvalue weighted by Gasteiger charge is 2.23. The molecule has 3 heterocycles. The second-order valence-electron chi connectivity index (χ2n) is 7.02. The number of hydrogen-bond acceptors (Lipinski definition) is 6. The number of ether oxygens (including phenoxy) is 1. The van der Waals surface area contributed by atoms with Crippen LogP contribution in [-0.2, 0) is 16.0 Å². The fraction of sp³-hybridized carbons (Fsp3) is 0.136. The second kappa shape index (κ2) is 7.48. The van der Waals surface area contributed by atoms with E-state index in [4.69, 9.17) is 21.4 Å². The number of para-hydroxylation sites is 1. The first-order valence-corrected chi connectivity index (χ1v) is 9.96. The monoisotopic (exact) mass is 432 g/mol. The van der Waals surface area contributed by atoms with Gasteiger partial charge in [-0.05, 0) is 36.8 Å². The molecule has 0 spiro atoms. The summed E-state index contributed by atoms with van der Waals surface area (Å²) in [5.41, 5.74) is 5.59. The van der Waals surface area contributed by atoms with Gasteiger partial charge in [-0.2, -0.15) is 14.7 Å². The summed E-state index contributed by atoms with van der Waals surface area (Å²) in [6.07, 6.45) is -0.0166. The maximum atomic E-state index is 12.0. The lowest BCUT2D eigenvalue weighted by atomic mass is 10.1. The molecule has 5 rings (SSSR count). The second-order valence-corrected chi connectivity index (χ2v) is 7.46. The smallest absolute Gasteiger partial charge is 0.311 e. The Hall–Kier alpha value is -3.78. The highest BCUT2D eigenvalue weighted by molar-refractivity contribution is 6.30. The number of nitrogens with zero attached hydrogens (tertiary/aromatic N) is 6. The van der Waals surface area contributed by atoms with Crippen molar-refractivity contribution in [2.45, 2.75) is 13.3 Å². The van der Waals surface area contributed by atoms with Crippen LogP contribution in [0.3, 0.4) is 0 Å². The lowest BCUT2D eigenvalue weighted by molar-refractivity contribution is -0.139. The predicted octanol–water partition coefficient (Wildman–Crippen LogP) is 3.81. The SMILES string of the molecule is COC(=O)Cc1nn(-c2ccccc2)c2c1nnc1c(-c3ccc(Cl)cc3)c(C)nn12. The minimum atomic E-state index is -0.403. The van der Waals surface area contributed by atoms with Gasteiger partial charge >= 0.3 is 5.97 Å². The van der Waals surface area contributed by atoms with E-state index in [0.717, 1.165) is 22.5 Å². The van der Waals surface area contributed by atoms with Crippen LogP contribution >= 0.6 is 11.6 Å². The van der Waals surface area contributed by atoms with Crippen molar-refractivity contribution < 1.29 is 9.53 Å². The molecule has 5 aromatic rings. The van der Waals surface area contributed by atoms with Gasteiger partial charge < -0.3 is 4.74 Å². The molecule has 154 valence electrons. The molecule has 0 unspecified atom stereocenters. The summed E-state index contributed by atoms with van der Waals surface area (Å²) >= 11 is 6.06. The quantitative estimate of drug-likeness (QED) is 0.401. The summed E-state index contributed by atoms with van der Waals surface area (Å²) < 4.78 is 8.28. The third-order valence-corrected chi connectivity index (χ3v) is 5.31. The normalized spacial score (nSPS) is 11.3. The lowest BCUT2D eigenvalue weighted by Gasteiger charge is -2.04. The van der Waals surface area contributed by atoms with Crippen molar-refractivity contribution in [2.24, 2.45) is 0 Å². The van der Waals surface area contributed by atoms with Crippen LogP contribution in [0.25, 0.3) is 33.6 Å². The van der Waals surface area contributed by atoms with Gasteiger partial charge in [0.15, 0.2) is 16.8 Å². The van der Waals surface area contributed by atoms with Crippen LogP contribution in [0.4, 0.5) is 0 Å². The van der Waals surface area contributed by atoms with E-state index in [1.165, 1.54) is 7.11 Å². The van der Waals surface area contributed by atoms with Crippen molar-refractivity contribution in [3.8, 4) is 16.8 Å². The molecule has 31 heavy (non-hydrogen) atoms. The van der Waals surface area contributed by atoms with Crippen LogP contribution in [0.2, 0.25) is 5.02 Å². The Labute approximate surface area is 182 Å². The number of carbonyl (C=O) groups is 1. The average molecular weight is 433 g/mol. The van der Waals surface area contributed by atoms with Gasteiger partial charge in [-0.15, -0.1) is 10.2 Å². The minimum absolute atomic E-state index is 0.0166. The van der Waals surface area contributed by atoms with Gasteiger partial charge in [-0.1, -0.05) is 41.9 Å². The molecule has 0 aliphatic heterocycles. The third-order valence-electron chi connectivity index (χ3n) is 5.06. The zero-order valence-electron chi connectivity index (χ0n) is 16.8. The molecule has 3 aromatic heterocycles. The van der Waals surface area contributed by atoms with Gasteiger partial charge in [0.2, 0.25) is 0 Å². The Kier molecular flexibility index (Phi) is 4.63. The van der Waals surface area contributed by atoms with E-state index in [-0.39, 0.29) is 6.42 Å². The molecule has 2 aromatic carbocycles. The van der Waals surface area contributed by atoms with E-state index in [9.17, 15) is 4.79 Å². The molecule has 0 saturated carbocycles. The molecule has 0 atom stereocenters. The number of methoxy groups -OCH3 is 1. The Morgan fingerprint density at radius 1 is 1.03 bits per heavy atom. The van der Waals surface area contributed by atoms with Gasteiger partial charge in [-0.3, -0.25) is 4.79 Å². The molecule has 0 aliphatic carbocycles. The summed E-state index contributed by atoms with van der Waals surface area (Å²) in [4.78, 5) is 12.0. The maximum Gasteiger partial charge on any atom is 0.311 e. The molecule has 0 N–H and O–H groups in total. The molecular formula is C22H17ClN6O2. The molecule has 0 aliphatic rings. The van der Waals surface area contributed by atoms with Crippen molar-refractivity contribution in [1.82, 2.24) is 29.6 Å². The van der Waals surface area contributed by atoms with Crippen molar-refractivity contribution in [3.05, 3.63) is 71.0 Å². The van der Waals surface area contributed by atoms with Gasteiger partial charge in [-0.25, -0.2) is 4.68 Å². The Balaban J connectivity index is 1.82. The van der Waals surface area contributed by atoms with Crippen LogP contribution in [0.5, 0.6) is 0 Å². The van der Waals surface area contributed by atoms with E-state index < -0.39 is 5.97 Å². The predicted molar refractivity (Wildman–Crippen MR) is 116 cm³/mol. The Morgan fingerprint density at radius 3 is 2.48 bits per heavy atom. The summed E-state index contributed by atoms with van der Waals surface area (Å²) in [6, 6.07) is 17.1. The van der Waals surface area contributed by atoms with Gasteiger partial charge in [0.25, 0.3) is 0 Å². The first kappa shape index (κ1) is 19.2. The maximum absolute atomic E-state index is 12.0. The minimum Gasteiger partial charge on any atom is -0.469 e. The van der Waals surface area contributed by atoms with Crippen LogP contribution in [0.15, 0.2) is 54.6 Å². The number of carbonyl (C=O) groups excluding carboxylic acids is 1. The fourth-order valence-electron chi connectivity index (χ4n) is 3.62. The number of esters is 1. The van der Waals surface area contributed by atoms with E-state index in [2.05, 4.69) is 15.3 Å². The Morgan fingerprint density at radius 2 is 1.77 bits per heavy atom. The number of benzene rings is 2. The van der Waals surface area contributed by atoms with Crippen molar-refractivity contribution in [1.29, 1.82) is 0 Å². The summed E-state index contributed by atoms with van der Waals surface area (Å²) in [7, 11) is 1.35. The number of aromatic nitrogens is 6. The number of fused-ring (bicyclic) bond motifs is 3. The van der Waals surface area contributed by atoms with E-state index >= 15 is 0 Å². The van der Waals surface area contributed by atoms with Crippen LogP contribution in [0, 0.1) is 6.92 Å². The van der Waals surface area contributed by atoms with Crippen LogP contribution in [-0.4, -0.2) is 42.7 Å². The molecule has 0 fully saturated rings. The topological polar surface area (TPSA) is 87.2 Å². The fourth-order valence-corrected chi connectivity index (χ4v) is 3.75. The number of rotatable bonds is 4. The van der Waals surface area contributed by atoms with Crippen molar-refractivity contribution in [2.75, 3.05) is 7.11 Å². The standard InChI is InChI=1S/C22H17ClN6O2/c1-13-19(14-8-10-15(23)11-9-14)21-25-24-20-17(12-18(30)31-2)27-28(22(20)29(21)26-13)16-6-4-3-5-7-16/h3-11H,12H2,1-2H3. The number of aryl methyl sites for hydroxylation is 1. The molecule has 0 amide bonds. The molecule has 0 bridgehead atoms. The molecular weight excluding hydrogens is 416 g/mol.